The second-order valence-corrected chi connectivity index (χ2v) is 4.67. The fraction of sp³-hybridized carbons (Fsp3) is 0.385. The van der Waals surface area contributed by atoms with Crippen molar-refractivity contribution >= 4 is 30.1 Å². The van der Waals surface area contributed by atoms with E-state index in [0.29, 0.717) is 13.0 Å². The van der Waals surface area contributed by atoms with Crippen LogP contribution in [0.1, 0.15) is 11.1 Å². The summed E-state index contributed by atoms with van der Waals surface area (Å²) in [5.41, 5.74) is 3.19. The highest BCUT2D eigenvalue weighted by Crippen LogP contribution is 2.28. The topological polar surface area (TPSA) is 49.4 Å². The fourth-order valence-corrected chi connectivity index (χ4v) is 2.19. The summed E-state index contributed by atoms with van der Waals surface area (Å²) in [6, 6.07) is 6.01. The van der Waals surface area contributed by atoms with Crippen LogP contribution in [0.3, 0.4) is 0 Å². The molecule has 1 aliphatic heterocycles. The lowest BCUT2D eigenvalue weighted by Gasteiger charge is -2.10. The highest BCUT2D eigenvalue weighted by molar-refractivity contribution is 7.81. The van der Waals surface area contributed by atoms with Gasteiger partial charge in [0.1, 0.15) is 0 Å². The average Bonchev–Trinajstić information content (AvgIpc) is 2.64. The lowest BCUT2D eigenvalue weighted by Crippen LogP contribution is -2.26. The number of hydrogen-bond acceptors (Lipinski definition) is 3. The molecule has 0 aromatic heterocycles. The second-order valence-electron chi connectivity index (χ2n) is 4.35. The van der Waals surface area contributed by atoms with Crippen molar-refractivity contribution in [3.8, 4) is 0 Å². The molecular formula is C13H16N2O2S. The molecule has 5 heteroatoms. The maximum atomic E-state index is 11.5. The number of thiol groups is 1. The standard InChI is InChI=1S/C13H16N2O2S/c1-15-11-3-2-9(4-5-14-12(16)8-18)6-10(11)7-13(15)17/h2-3,6,18H,4-5,7-8H2,1H3,(H,14,16). The first-order valence-corrected chi connectivity index (χ1v) is 6.51. The van der Waals surface area contributed by atoms with Crippen LogP contribution in [0.15, 0.2) is 18.2 Å². The van der Waals surface area contributed by atoms with Crippen molar-refractivity contribution in [2.24, 2.45) is 0 Å². The smallest absolute Gasteiger partial charge is 0.231 e. The number of benzene rings is 1. The van der Waals surface area contributed by atoms with Crippen LogP contribution >= 0.6 is 12.6 Å². The Balaban J connectivity index is 1.98. The summed E-state index contributed by atoms with van der Waals surface area (Å²) in [7, 11) is 1.79. The Kier molecular flexibility index (Phi) is 3.91. The number of carbonyl (C=O) groups is 2. The quantitative estimate of drug-likeness (QED) is 0.790. The first-order valence-electron chi connectivity index (χ1n) is 5.87. The van der Waals surface area contributed by atoms with Crippen molar-refractivity contribution in [2.45, 2.75) is 12.8 Å². The van der Waals surface area contributed by atoms with Gasteiger partial charge in [0.2, 0.25) is 11.8 Å². The van der Waals surface area contributed by atoms with E-state index in [2.05, 4.69) is 17.9 Å². The molecule has 1 aromatic rings. The molecule has 2 amide bonds. The third-order valence-corrected chi connectivity index (χ3v) is 3.39. The van der Waals surface area contributed by atoms with E-state index in [1.807, 2.05) is 18.2 Å². The van der Waals surface area contributed by atoms with Gasteiger partial charge >= 0.3 is 0 Å². The molecule has 1 heterocycles. The number of nitrogens with one attached hydrogen (secondary N) is 1. The molecule has 96 valence electrons. The van der Waals surface area contributed by atoms with E-state index in [4.69, 9.17) is 0 Å². The molecule has 2 rings (SSSR count). The number of hydrogen-bond donors (Lipinski definition) is 2. The predicted molar refractivity (Wildman–Crippen MR) is 74.1 cm³/mol. The molecule has 0 atom stereocenters. The number of anilines is 1. The molecule has 0 unspecified atom stereocenters. The van der Waals surface area contributed by atoms with Gasteiger partial charge in [-0.1, -0.05) is 12.1 Å². The molecule has 0 fully saturated rings. The molecule has 0 aliphatic carbocycles. The maximum Gasteiger partial charge on any atom is 0.231 e. The highest BCUT2D eigenvalue weighted by Gasteiger charge is 2.23. The average molecular weight is 264 g/mol. The van der Waals surface area contributed by atoms with E-state index >= 15 is 0 Å². The summed E-state index contributed by atoms with van der Waals surface area (Å²) in [4.78, 5) is 24.3. The van der Waals surface area contributed by atoms with Crippen molar-refractivity contribution in [1.29, 1.82) is 0 Å². The third kappa shape index (κ3) is 2.67. The van der Waals surface area contributed by atoms with Gasteiger partial charge in [0.15, 0.2) is 0 Å². The number of rotatable bonds is 4. The zero-order valence-electron chi connectivity index (χ0n) is 10.3. The molecule has 0 saturated heterocycles. The van der Waals surface area contributed by atoms with Crippen LogP contribution in [-0.4, -0.2) is 31.2 Å². The van der Waals surface area contributed by atoms with E-state index in [9.17, 15) is 9.59 Å². The van der Waals surface area contributed by atoms with Crippen molar-refractivity contribution in [3.63, 3.8) is 0 Å². The molecule has 4 nitrogen and oxygen atoms in total. The molecule has 1 aromatic carbocycles. The molecule has 0 spiro atoms. The molecule has 0 saturated carbocycles. The fourth-order valence-electron chi connectivity index (χ4n) is 2.08. The zero-order valence-corrected chi connectivity index (χ0v) is 11.2. The Morgan fingerprint density at radius 1 is 1.50 bits per heavy atom. The van der Waals surface area contributed by atoms with Gasteiger partial charge < -0.3 is 10.2 Å². The lowest BCUT2D eigenvalue weighted by atomic mass is 10.1. The van der Waals surface area contributed by atoms with Gasteiger partial charge in [0.25, 0.3) is 0 Å². The van der Waals surface area contributed by atoms with Crippen molar-refractivity contribution < 1.29 is 9.59 Å². The highest BCUT2D eigenvalue weighted by atomic mass is 32.1. The molecule has 1 N–H and O–H groups in total. The van der Waals surface area contributed by atoms with Crippen LogP contribution in [0.2, 0.25) is 0 Å². The Morgan fingerprint density at radius 2 is 2.28 bits per heavy atom. The minimum absolute atomic E-state index is 0.0607. The van der Waals surface area contributed by atoms with Gasteiger partial charge in [-0.25, -0.2) is 0 Å². The number of amides is 2. The normalized spacial score (nSPS) is 13.7. The van der Waals surface area contributed by atoms with Crippen LogP contribution in [0, 0.1) is 0 Å². The van der Waals surface area contributed by atoms with Crippen LogP contribution in [0.4, 0.5) is 5.69 Å². The summed E-state index contributed by atoms with van der Waals surface area (Å²) in [5, 5.41) is 2.77. The third-order valence-electron chi connectivity index (χ3n) is 3.10. The van der Waals surface area contributed by atoms with Gasteiger partial charge in [-0.15, -0.1) is 0 Å². The molecular weight excluding hydrogens is 248 g/mol. The van der Waals surface area contributed by atoms with Crippen LogP contribution in [0.5, 0.6) is 0 Å². The van der Waals surface area contributed by atoms with Crippen LogP contribution < -0.4 is 10.2 Å². The van der Waals surface area contributed by atoms with E-state index in [-0.39, 0.29) is 17.6 Å². The predicted octanol–water partition coefficient (Wildman–Crippen LogP) is 0.794. The van der Waals surface area contributed by atoms with E-state index < -0.39 is 0 Å². The first-order chi connectivity index (χ1) is 8.61. The summed E-state index contributed by atoms with van der Waals surface area (Å²) in [6.45, 7) is 0.599. The zero-order chi connectivity index (χ0) is 13.1. The van der Waals surface area contributed by atoms with Gasteiger partial charge in [-0.3, -0.25) is 9.59 Å². The van der Waals surface area contributed by atoms with E-state index in [1.165, 1.54) is 0 Å². The Hall–Kier alpha value is -1.49. The first kappa shape index (κ1) is 13.0. The van der Waals surface area contributed by atoms with Crippen LogP contribution in [-0.2, 0) is 22.4 Å². The maximum absolute atomic E-state index is 11.5. The Morgan fingerprint density at radius 3 is 3.00 bits per heavy atom. The minimum Gasteiger partial charge on any atom is -0.355 e. The Bertz CT molecular complexity index is 488. The van der Waals surface area contributed by atoms with Crippen molar-refractivity contribution in [2.75, 3.05) is 24.2 Å². The summed E-state index contributed by atoms with van der Waals surface area (Å²) >= 11 is 3.89. The largest absolute Gasteiger partial charge is 0.355 e. The monoisotopic (exact) mass is 264 g/mol. The summed E-state index contributed by atoms with van der Waals surface area (Å²) < 4.78 is 0. The lowest BCUT2D eigenvalue weighted by molar-refractivity contribution is -0.118. The van der Waals surface area contributed by atoms with Gasteiger partial charge in [-0.05, 0) is 23.6 Å². The van der Waals surface area contributed by atoms with Gasteiger partial charge in [0, 0.05) is 19.3 Å². The number of nitrogens with zero attached hydrogens (tertiary/aromatic N) is 1. The van der Waals surface area contributed by atoms with E-state index in [0.717, 1.165) is 23.2 Å². The number of fused-ring (bicyclic) bond motifs is 1. The molecule has 0 bridgehead atoms. The van der Waals surface area contributed by atoms with Crippen LogP contribution in [0.25, 0.3) is 0 Å². The minimum atomic E-state index is -0.0607. The summed E-state index contributed by atoms with van der Waals surface area (Å²) in [5.74, 6) is 0.281. The molecule has 18 heavy (non-hydrogen) atoms. The van der Waals surface area contributed by atoms with Gasteiger partial charge in [-0.2, -0.15) is 12.6 Å². The van der Waals surface area contributed by atoms with Crippen molar-refractivity contribution in [3.05, 3.63) is 29.3 Å². The number of carbonyl (C=O) groups excluding carboxylic acids is 2. The van der Waals surface area contributed by atoms with E-state index in [1.54, 1.807) is 11.9 Å². The number of likely N-dealkylation sites (N-methyl/N-ethyl adjacent to an activating group) is 1. The van der Waals surface area contributed by atoms with Gasteiger partial charge in [0.05, 0.1) is 12.2 Å². The summed E-state index contributed by atoms with van der Waals surface area (Å²) in [6.07, 6.45) is 1.24. The molecule has 0 radical (unpaired) electrons. The second kappa shape index (κ2) is 5.44. The molecule has 1 aliphatic rings. The SMILES string of the molecule is CN1C(=O)Cc2cc(CCNC(=O)CS)ccc21. The Labute approximate surface area is 112 Å². The van der Waals surface area contributed by atoms with Crippen molar-refractivity contribution in [1.82, 2.24) is 5.32 Å².